The predicted octanol–water partition coefficient (Wildman–Crippen LogP) is 3.24. The number of benzene rings is 1. The predicted molar refractivity (Wildman–Crippen MR) is 71.5 cm³/mol. The SMILES string of the molecule is CC=CCOc1ccc2c(c1)CCCC2NC. The normalized spacial score (nSPS) is 19.3. The molecule has 1 unspecified atom stereocenters. The van der Waals surface area contributed by atoms with Crippen LogP contribution in [-0.2, 0) is 6.42 Å². The first-order valence-corrected chi connectivity index (χ1v) is 6.39. The maximum Gasteiger partial charge on any atom is 0.120 e. The van der Waals surface area contributed by atoms with Gasteiger partial charge in [-0.05, 0) is 56.5 Å². The summed E-state index contributed by atoms with van der Waals surface area (Å²) >= 11 is 0. The van der Waals surface area contributed by atoms with Crippen molar-refractivity contribution in [2.45, 2.75) is 32.2 Å². The van der Waals surface area contributed by atoms with Crippen LogP contribution in [0.15, 0.2) is 30.4 Å². The highest BCUT2D eigenvalue weighted by molar-refractivity contribution is 5.39. The molecule has 0 aromatic heterocycles. The van der Waals surface area contributed by atoms with Crippen molar-refractivity contribution >= 4 is 0 Å². The van der Waals surface area contributed by atoms with E-state index in [-0.39, 0.29) is 0 Å². The summed E-state index contributed by atoms with van der Waals surface area (Å²) in [4.78, 5) is 0. The molecule has 0 bridgehead atoms. The first-order valence-electron chi connectivity index (χ1n) is 6.39. The summed E-state index contributed by atoms with van der Waals surface area (Å²) in [5.74, 6) is 0.985. The molecule has 0 saturated heterocycles. The van der Waals surface area contributed by atoms with Crippen molar-refractivity contribution in [1.82, 2.24) is 5.32 Å². The van der Waals surface area contributed by atoms with Crippen LogP contribution in [0.3, 0.4) is 0 Å². The highest BCUT2D eigenvalue weighted by Crippen LogP contribution is 2.31. The smallest absolute Gasteiger partial charge is 0.120 e. The lowest BCUT2D eigenvalue weighted by Crippen LogP contribution is -2.21. The Morgan fingerprint density at radius 2 is 2.35 bits per heavy atom. The fourth-order valence-electron chi connectivity index (χ4n) is 2.42. The molecule has 1 aliphatic carbocycles. The summed E-state index contributed by atoms with van der Waals surface area (Å²) in [5.41, 5.74) is 2.88. The summed E-state index contributed by atoms with van der Waals surface area (Å²) in [6.45, 7) is 2.67. The molecule has 1 aromatic rings. The van der Waals surface area contributed by atoms with E-state index in [1.54, 1.807) is 0 Å². The molecule has 92 valence electrons. The molecule has 0 radical (unpaired) electrons. The van der Waals surface area contributed by atoms with E-state index >= 15 is 0 Å². The number of aryl methyl sites for hydroxylation is 1. The molecule has 1 atom stereocenters. The molecule has 1 N–H and O–H groups in total. The van der Waals surface area contributed by atoms with Crippen LogP contribution in [0.1, 0.15) is 36.9 Å². The van der Waals surface area contributed by atoms with Crippen molar-refractivity contribution in [3.05, 3.63) is 41.5 Å². The minimum absolute atomic E-state index is 0.517. The summed E-state index contributed by atoms with van der Waals surface area (Å²) < 4.78 is 5.67. The first kappa shape index (κ1) is 12.2. The Morgan fingerprint density at radius 1 is 1.47 bits per heavy atom. The summed E-state index contributed by atoms with van der Waals surface area (Å²) in [6.07, 6.45) is 7.71. The Balaban J connectivity index is 2.13. The minimum atomic E-state index is 0.517. The molecule has 0 spiro atoms. The van der Waals surface area contributed by atoms with Crippen molar-refractivity contribution in [3.8, 4) is 5.75 Å². The van der Waals surface area contributed by atoms with E-state index in [0.717, 1.165) is 5.75 Å². The molecule has 2 rings (SSSR count). The molecular weight excluding hydrogens is 210 g/mol. The number of nitrogens with one attached hydrogen (secondary N) is 1. The van der Waals surface area contributed by atoms with Gasteiger partial charge in [0, 0.05) is 6.04 Å². The number of ether oxygens (including phenoxy) is 1. The fourth-order valence-corrected chi connectivity index (χ4v) is 2.42. The highest BCUT2D eigenvalue weighted by Gasteiger charge is 2.18. The lowest BCUT2D eigenvalue weighted by molar-refractivity contribution is 0.361. The zero-order valence-electron chi connectivity index (χ0n) is 10.7. The molecular formula is C15H21NO. The quantitative estimate of drug-likeness (QED) is 0.803. The third-order valence-corrected chi connectivity index (χ3v) is 3.36. The average molecular weight is 231 g/mol. The topological polar surface area (TPSA) is 21.3 Å². The zero-order chi connectivity index (χ0) is 12.1. The van der Waals surface area contributed by atoms with Crippen molar-refractivity contribution in [2.24, 2.45) is 0 Å². The Morgan fingerprint density at radius 3 is 3.12 bits per heavy atom. The van der Waals surface area contributed by atoms with Gasteiger partial charge in [-0.1, -0.05) is 18.2 Å². The molecule has 0 saturated carbocycles. The van der Waals surface area contributed by atoms with E-state index in [9.17, 15) is 0 Å². The molecule has 0 amide bonds. The van der Waals surface area contributed by atoms with Gasteiger partial charge in [-0.15, -0.1) is 0 Å². The van der Waals surface area contributed by atoms with Crippen molar-refractivity contribution < 1.29 is 4.74 Å². The maximum atomic E-state index is 5.67. The Labute approximate surface area is 104 Å². The van der Waals surface area contributed by atoms with E-state index in [4.69, 9.17) is 4.74 Å². The third kappa shape index (κ3) is 2.89. The van der Waals surface area contributed by atoms with E-state index in [0.29, 0.717) is 12.6 Å². The van der Waals surface area contributed by atoms with Gasteiger partial charge in [0.25, 0.3) is 0 Å². The van der Waals surface area contributed by atoms with Crippen LogP contribution in [0.4, 0.5) is 0 Å². The van der Waals surface area contributed by atoms with Gasteiger partial charge in [0.2, 0.25) is 0 Å². The van der Waals surface area contributed by atoms with Crippen molar-refractivity contribution in [2.75, 3.05) is 13.7 Å². The minimum Gasteiger partial charge on any atom is -0.490 e. The van der Waals surface area contributed by atoms with E-state index in [1.165, 1.54) is 30.4 Å². The van der Waals surface area contributed by atoms with Gasteiger partial charge in [-0.3, -0.25) is 0 Å². The molecule has 0 aliphatic heterocycles. The molecule has 1 aliphatic rings. The Hall–Kier alpha value is -1.28. The summed E-state index contributed by atoms with van der Waals surface area (Å²) in [7, 11) is 2.04. The number of fused-ring (bicyclic) bond motifs is 1. The third-order valence-electron chi connectivity index (χ3n) is 3.36. The van der Waals surface area contributed by atoms with Crippen molar-refractivity contribution in [3.63, 3.8) is 0 Å². The molecule has 0 heterocycles. The van der Waals surface area contributed by atoms with Gasteiger partial charge in [0.15, 0.2) is 0 Å². The largest absolute Gasteiger partial charge is 0.490 e. The second kappa shape index (κ2) is 5.87. The van der Waals surface area contributed by atoms with Gasteiger partial charge in [-0.25, -0.2) is 0 Å². The van der Waals surface area contributed by atoms with Gasteiger partial charge in [0.05, 0.1) is 0 Å². The number of hydrogen-bond donors (Lipinski definition) is 1. The molecule has 2 nitrogen and oxygen atoms in total. The van der Waals surface area contributed by atoms with E-state index in [1.807, 2.05) is 26.1 Å². The average Bonchev–Trinajstić information content (AvgIpc) is 2.38. The lowest BCUT2D eigenvalue weighted by atomic mass is 9.87. The van der Waals surface area contributed by atoms with E-state index < -0.39 is 0 Å². The standard InChI is InChI=1S/C15H21NO/c1-3-4-10-17-13-8-9-14-12(11-13)6-5-7-15(14)16-2/h3-4,8-9,11,15-16H,5-7,10H2,1-2H3. The second-order valence-electron chi connectivity index (χ2n) is 4.47. The first-order chi connectivity index (χ1) is 8.35. The molecule has 1 aromatic carbocycles. The van der Waals surface area contributed by atoms with Gasteiger partial charge in [0.1, 0.15) is 12.4 Å². The van der Waals surface area contributed by atoms with Gasteiger partial charge < -0.3 is 10.1 Å². The second-order valence-corrected chi connectivity index (χ2v) is 4.47. The van der Waals surface area contributed by atoms with Crippen LogP contribution >= 0.6 is 0 Å². The number of allylic oxidation sites excluding steroid dienone is 1. The Bertz CT molecular complexity index is 398. The van der Waals surface area contributed by atoms with Crippen LogP contribution in [0.5, 0.6) is 5.75 Å². The van der Waals surface area contributed by atoms with Crippen molar-refractivity contribution in [1.29, 1.82) is 0 Å². The molecule has 0 fully saturated rings. The zero-order valence-corrected chi connectivity index (χ0v) is 10.7. The van der Waals surface area contributed by atoms with Gasteiger partial charge >= 0.3 is 0 Å². The van der Waals surface area contributed by atoms with Crippen LogP contribution in [-0.4, -0.2) is 13.7 Å². The fraction of sp³-hybridized carbons (Fsp3) is 0.467. The van der Waals surface area contributed by atoms with Crippen LogP contribution in [0.2, 0.25) is 0 Å². The lowest BCUT2D eigenvalue weighted by Gasteiger charge is -2.25. The monoisotopic (exact) mass is 231 g/mol. The highest BCUT2D eigenvalue weighted by atomic mass is 16.5. The number of rotatable bonds is 4. The van der Waals surface area contributed by atoms with Crippen LogP contribution in [0, 0.1) is 0 Å². The van der Waals surface area contributed by atoms with E-state index in [2.05, 4.69) is 23.5 Å². The van der Waals surface area contributed by atoms with Crippen LogP contribution < -0.4 is 10.1 Å². The molecule has 17 heavy (non-hydrogen) atoms. The summed E-state index contributed by atoms with van der Waals surface area (Å²) in [6, 6.07) is 7.00. The van der Waals surface area contributed by atoms with Crippen LogP contribution in [0.25, 0.3) is 0 Å². The molecule has 2 heteroatoms. The maximum absolute atomic E-state index is 5.67. The Kier molecular flexibility index (Phi) is 4.21. The number of hydrogen-bond acceptors (Lipinski definition) is 2. The van der Waals surface area contributed by atoms with Gasteiger partial charge in [-0.2, -0.15) is 0 Å². The summed E-state index contributed by atoms with van der Waals surface area (Å²) in [5, 5.41) is 3.38.